The number of amides is 1. The van der Waals surface area contributed by atoms with Crippen LogP contribution in [0.2, 0.25) is 0 Å². The minimum atomic E-state index is -0.112. The Bertz CT molecular complexity index is 769. The van der Waals surface area contributed by atoms with Gasteiger partial charge in [-0.1, -0.05) is 26.0 Å². The second kappa shape index (κ2) is 8.87. The molecule has 0 radical (unpaired) electrons. The van der Waals surface area contributed by atoms with E-state index in [1.165, 1.54) is 6.08 Å². The number of benzene rings is 1. The number of fused-ring (bicyclic) bond motifs is 1. The summed E-state index contributed by atoms with van der Waals surface area (Å²) in [5.74, 6) is 0.350. The molecule has 1 fully saturated rings. The quantitative estimate of drug-likeness (QED) is 0.805. The topological polar surface area (TPSA) is 67.4 Å². The third-order valence-corrected chi connectivity index (χ3v) is 4.64. The summed E-state index contributed by atoms with van der Waals surface area (Å²) < 4.78 is 5.42. The van der Waals surface area contributed by atoms with E-state index in [1.807, 2.05) is 24.3 Å². The lowest BCUT2D eigenvalue weighted by Crippen LogP contribution is -2.51. The van der Waals surface area contributed by atoms with Crippen LogP contribution in [-0.4, -0.2) is 59.7 Å². The molecule has 1 aromatic carbocycles. The van der Waals surface area contributed by atoms with E-state index < -0.39 is 0 Å². The van der Waals surface area contributed by atoms with Crippen LogP contribution in [0.1, 0.15) is 19.5 Å². The number of morpholine rings is 1. The fraction of sp³-hybridized carbons (Fsp3) is 0.450. The summed E-state index contributed by atoms with van der Waals surface area (Å²) in [4.78, 5) is 23.4. The summed E-state index contributed by atoms with van der Waals surface area (Å²) in [6, 6.07) is 8.00. The van der Waals surface area contributed by atoms with Gasteiger partial charge in [-0.3, -0.25) is 14.7 Å². The molecule has 1 aliphatic rings. The maximum absolute atomic E-state index is 12.2. The first-order chi connectivity index (χ1) is 12.6. The van der Waals surface area contributed by atoms with Gasteiger partial charge >= 0.3 is 0 Å². The molecule has 1 atom stereocenters. The number of ether oxygens (including phenoxy) is 1. The first-order valence-electron chi connectivity index (χ1n) is 9.13. The summed E-state index contributed by atoms with van der Waals surface area (Å²) in [5.41, 5.74) is 2.34. The molecule has 0 bridgehead atoms. The molecular weight excluding hydrogens is 328 g/mol. The van der Waals surface area contributed by atoms with Crippen LogP contribution in [0.15, 0.2) is 36.5 Å². The summed E-state index contributed by atoms with van der Waals surface area (Å²) in [6.45, 7) is 8.36. The van der Waals surface area contributed by atoms with E-state index in [4.69, 9.17) is 4.74 Å². The Morgan fingerprint density at radius 2 is 2.00 bits per heavy atom. The Hall–Kier alpha value is -2.31. The molecule has 1 aliphatic heterocycles. The third kappa shape index (κ3) is 4.86. The minimum absolute atomic E-state index is 0.112. The lowest BCUT2D eigenvalue weighted by atomic mass is 10.0. The van der Waals surface area contributed by atoms with Crippen molar-refractivity contribution in [2.24, 2.45) is 5.92 Å². The summed E-state index contributed by atoms with van der Waals surface area (Å²) in [5, 5.41) is 3.01. The summed E-state index contributed by atoms with van der Waals surface area (Å²) >= 11 is 0. The van der Waals surface area contributed by atoms with E-state index in [1.54, 1.807) is 12.3 Å². The Morgan fingerprint density at radius 3 is 2.73 bits per heavy atom. The van der Waals surface area contributed by atoms with Gasteiger partial charge in [0.15, 0.2) is 0 Å². The number of carbonyl (C=O) groups excluding carboxylic acids is 1. The van der Waals surface area contributed by atoms with Crippen LogP contribution in [0.25, 0.3) is 17.1 Å². The molecule has 138 valence electrons. The molecule has 1 amide bonds. The molecule has 1 N–H and O–H groups in total. The maximum Gasteiger partial charge on any atom is 0.244 e. The Morgan fingerprint density at radius 1 is 1.27 bits per heavy atom. The van der Waals surface area contributed by atoms with E-state index in [0.29, 0.717) is 24.2 Å². The van der Waals surface area contributed by atoms with Crippen LogP contribution in [0.4, 0.5) is 0 Å². The highest BCUT2D eigenvalue weighted by Crippen LogP contribution is 2.12. The van der Waals surface area contributed by atoms with Gasteiger partial charge < -0.3 is 10.1 Å². The SMILES string of the molecule is CC(C)C(CNC(=O)/C=C/c1cnc2ccccc2n1)N1CCOCC1. The number of hydrogen-bond acceptors (Lipinski definition) is 5. The molecule has 26 heavy (non-hydrogen) atoms. The molecule has 6 heteroatoms. The lowest BCUT2D eigenvalue weighted by Gasteiger charge is -2.36. The largest absolute Gasteiger partial charge is 0.379 e. The Labute approximate surface area is 154 Å². The molecule has 6 nitrogen and oxygen atoms in total. The van der Waals surface area contributed by atoms with Crippen LogP contribution in [0.3, 0.4) is 0 Å². The highest BCUT2D eigenvalue weighted by Gasteiger charge is 2.23. The van der Waals surface area contributed by atoms with Crippen molar-refractivity contribution >= 4 is 23.0 Å². The molecule has 0 spiro atoms. The average molecular weight is 354 g/mol. The van der Waals surface area contributed by atoms with Gasteiger partial charge in [0.05, 0.1) is 36.1 Å². The molecule has 0 saturated carbocycles. The van der Waals surface area contributed by atoms with Gasteiger partial charge in [0.1, 0.15) is 0 Å². The summed E-state index contributed by atoms with van der Waals surface area (Å²) in [7, 11) is 0. The van der Waals surface area contributed by atoms with Gasteiger partial charge in [0.25, 0.3) is 0 Å². The number of rotatable bonds is 6. The molecule has 2 heterocycles. The smallest absolute Gasteiger partial charge is 0.244 e. The lowest BCUT2D eigenvalue weighted by molar-refractivity contribution is -0.116. The number of nitrogens with one attached hydrogen (secondary N) is 1. The van der Waals surface area contributed by atoms with Gasteiger partial charge in [0, 0.05) is 31.8 Å². The van der Waals surface area contributed by atoms with Gasteiger partial charge in [-0.25, -0.2) is 4.98 Å². The van der Waals surface area contributed by atoms with Crippen LogP contribution < -0.4 is 5.32 Å². The third-order valence-electron chi connectivity index (χ3n) is 4.64. The standard InChI is InChI=1S/C20H26N4O2/c1-15(2)19(24-9-11-26-12-10-24)14-22-20(25)8-7-16-13-21-17-5-3-4-6-18(17)23-16/h3-8,13,15,19H,9-12,14H2,1-2H3,(H,22,25)/b8-7+. The van der Waals surface area contributed by atoms with Crippen LogP contribution in [0.5, 0.6) is 0 Å². The first-order valence-corrected chi connectivity index (χ1v) is 9.13. The first kappa shape index (κ1) is 18.5. The average Bonchev–Trinajstić information content (AvgIpc) is 2.67. The molecule has 1 aromatic heterocycles. The van der Waals surface area contributed by atoms with Crippen LogP contribution in [-0.2, 0) is 9.53 Å². The van der Waals surface area contributed by atoms with E-state index >= 15 is 0 Å². The molecule has 1 saturated heterocycles. The molecule has 0 aliphatic carbocycles. The molecule has 1 unspecified atom stereocenters. The Balaban J connectivity index is 1.57. The zero-order valence-electron chi connectivity index (χ0n) is 15.4. The number of nitrogens with zero attached hydrogens (tertiary/aromatic N) is 3. The number of hydrogen-bond donors (Lipinski definition) is 1. The summed E-state index contributed by atoms with van der Waals surface area (Å²) in [6.07, 6.45) is 4.90. The van der Waals surface area contributed by atoms with E-state index in [2.05, 4.69) is 34.0 Å². The highest BCUT2D eigenvalue weighted by atomic mass is 16.5. The monoisotopic (exact) mass is 354 g/mol. The van der Waals surface area contributed by atoms with E-state index in [9.17, 15) is 4.79 Å². The fourth-order valence-corrected chi connectivity index (χ4v) is 3.17. The number of para-hydroxylation sites is 2. The normalized spacial score (nSPS) is 17.0. The predicted molar refractivity (Wildman–Crippen MR) is 103 cm³/mol. The molecule has 3 rings (SSSR count). The maximum atomic E-state index is 12.2. The van der Waals surface area contributed by atoms with Gasteiger partial charge in [-0.2, -0.15) is 0 Å². The highest BCUT2D eigenvalue weighted by molar-refractivity contribution is 5.91. The zero-order chi connectivity index (χ0) is 18.4. The number of carbonyl (C=O) groups is 1. The van der Waals surface area contributed by atoms with Gasteiger partial charge in [-0.15, -0.1) is 0 Å². The molecular formula is C20H26N4O2. The van der Waals surface area contributed by atoms with Crippen molar-refractivity contribution in [1.82, 2.24) is 20.2 Å². The van der Waals surface area contributed by atoms with Crippen molar-refractivity contribution < 1.29 is 9.53 Å². The van der Waals surface area contributed by atoms with E-state index in [0.717, 1.165) is 37.3 Å². The van der Waals surface area contributed by atoms with Gasteiger partial charge in [-0.05, 0) is 24.1 Å². The van der Waals surface area contributed by atoms with Crippen LogP contribution >= 0.6 is 0 Å². The Kier molecular flexibility index (Phi) is 6.30. The van der Waals surface area contributed by atoms with Crippen molar-refractivity contribution in [2.75, 3.05) is 32.8 Å². The van der Waals surface area contributed by atoms with Crippen molar-refractivity contribution in [3.8, 4) is 0 Å². The number of aromatic nitrogens is 2. The zero-order valence-corrected chi connectivity index (χ0v) is 15.4. The van der Waals surface area contributed by atoms with Crippen molar-refractivity contribution in [3.63, 3.8) is 0 Å². The minimum Gasteiger partial charge on any atom is -0.379 e. The second-order valence-electron chi connectivity index (χ2n) is 6.82. The van der Waals surface area contributed by atoms with Crippen molar-refractivity contribution in [1.29, 1.82) is 0 Å². The fourth-order valence-electron chi connectivity index (χ4n) is 3.17. The van der Waals surface area contributed by atoms with Crippen LogP contribution in [0, 0.1) is 5.92 Å². The second-order valence-corrected chi connectivity index (χ2v) is 6.82. The van der Waals surface area contributed by atoms with Crippen molar-refractivity contribution in [3.05, 3.63) is 42.2 Å². The van der Waals surface area contributed by atoms with Gasteiger partial charge in [0.2, 0.25) is 5.91 Å². The van der Waals surface area contributed by atoms with Crippen molar-refractivity contribution in [2.45, 2.75) is 19.9 Å². The predicted octanol–water partition coefficient (Wildman–Crippen LogP) is 2.12. The van der Waals surface area contributed by atoms with E-state index in [-0.39, 0.29) is 5.91 Å². The molecule has 2 aromatic rings.